The molecule has 1 spiro atoms. The van der Waals surface area contributed by atoms with E-state index < -0.39 is 41.8 Å². The number of aromatic nitrogens is 2. The first kappa shape index (κ1) is 24.6. The first-order valence-corrected chi connectivity index (χ1v) is 12.4. The predicted molar refractivity (Wildman–Crippen MR) is 132 cm³/mol. The van der Waals surface area contributed by atoms with Crippen LogP contribution in [0, 0.1) is 5.82 Å². The summed E-state index contributed by atoms with van der Waals surface area (Å²) in [7, 11) is 0. The highest BCUT2D eigenvalue weighted by Crippen LogP contribution is 2.46. The molecule has 0 radical (unpaired) electrons. The van der Waals surface area contributed by atoms with Gasteiger partial charge in [-0.15, -0.1) is 0 Å². The number of hydrogen-bond acceptors (Lipinski definition) is 7. The third-order valence-electron chi connectivity index (χ3n) is 7.29. The van der Waals surface area contributed by atoms with Gasteiger partial charge in [0.2, 0.25) is 17.4 Å². The Morgan fingerprint density at radius 2 is 1.92 bits per heavy atom. The average molecular weight is 534 g/mol. The number of aryl methyl sites for hydroxylation is 1. The Morgan fingerprint density at radius 1 is 1.08 bits per heavy atom. The molecule has 3 aliphatic rings. The molecule has 3 heterocycles. The van der Waals surface area contributed by atoms with Crippen molar-refractivity contribution in [2.75, 3.05) is 19.7 Å². The van der Waals surface area contributed by atoms with E-state index in [4.69, 9.17) is 15.2 Å². The molecular formula is C27H24FN5O6. The molecule has 1 saturated heterocycles. The lowest BCUT2D eigenvalue weighted by atomic mass is 9.93. The van der Waals surface area contributed by atoms with Crippen molar-refractivity contribution in [1.29, 1.82) is 0 Å². The summed E-state index contributed by atoms with van der Waals surface area (Å²) in [5.41, 5.74) is 7.27. The standard InChI is InChI=1S/C27H24FN5O6/c28-20-2-4-22-18(10-20)12-31(7-8-38-22)24(35)15-33-25(36)27(39-26(33)37)6-5-17-9-16(1-3-21(17)27)19-11-30-32(13-19)14-23(29)34/h1-4,9-11,13H,5-8,12,14-15H2,(H2,29,34). The maximum atomic E-state index is 13.7. The van der Waals surface area contributed by atoms with E-state index in [0.29, 0.717) is 23.3 Å². The van der Waals surface area contributed by atoms with Crippen LogP contribution >= 0.6 is 0 Å². The molecule has 1 aliphatic carbocycles. The molecule has 11 nitrogen and oxygen atoms in total. The largest absolute Gasteiger partial charge is 0.491 e. The zero-order valence-electron chi connectivity index (χ0n) is 20.8. The topological polar surface area (TPSA) is 137 Å². The molecule has 1 aromatic heterocycles. The summed E-state index contributed by atoms with van der Waals surface area (Å²) >= 11 is 0. The van der Waals surface area contributed by atoms with Crippen LogP contribution in [-0.4, -0.2) is 63.1 Å². The second-order valence-corrected chi connectivity index (χ2v) is 9.77. The van der Waals surface area contributed by atoms with Crippen molar-refractivity contribution in [2.45, 2.75) is 31.5 Å². The van der Waals surface area contributed by atoms with Crippen LogP contribution in [0.3, 0.4) is 0 Å². The lowest BCUT2D eigenvalue weighted by Gasteiger charge is -2.23. The van der Waals surface area contributed by atoms with Gasteiger partial charge in [-0.2, -0.15) is 5.10 Å². The van der Waals surface area contributed by atoms with E-state index in [1.54, 1.807) is 24.5 Å². The number of hydrogen-bond donors (Lipinski definition) is 1. The van der Waals surface area contributed by atoms with Gasteiger partial charge < -0.3 is 20.1 Å². The molecule has 1 fully saturated rings. The van der Waals surface area contributed by atoms with Crippen molar-refractivity contribution in [3.63, 3.8) is 0 Å². The lowest BCUT2D eigenvalue weighted by molar-refractivity contribution is -0.142. The van der Waals surface area contributed by atoms with E-state index in [2.05, 4.69) is 5.10 Å². The first-order chi connectivity index (χ1) is 18.7. The van der Waals surface area contributed by atoms with Gasteiger partial charge in [-0.3, -0.25) is 19.1 Å². The van der Waals surface area contributed by atoms with Crippen LogP contribution < -0.4 is 10.5 Å². The number of halogens is 1. The SMILES string of the molecule is NC(=O)Cn1cc(-c2ccc3c(c2)CCC32OC(=O)N(CC(=O)N3CCOc4ccc(F)cc4C3)C2=O)cn1. The third kappa shape index (κ3) is 4.27. The molecule has 200 valence electrons. The highest BCUT2D eigenvalue weighted by atomic mass is 19.1. The van der Waals surface area contributed by atoms with Crippen LogP contribution in [0.2, 0.25) is 0 Å². The van der Waals surface area contributed by atoms with Gasteiger partial charge in [0.1, 0.15) is 31.3 Å². The van der Waals surface area contributed by atoms with Crippen LogP contribution in [0.25, 0.3) is 11.1 Å². The number of nitrogens with zero attached hydrogens (tertiary/aromatic N) is 4. The Labute approximate surface area is 221 Å². The van der Waals surface area contributed by atoms with Crippen molar-refractivity contribution in [3.8, 4) is 16.9 Å². The summed E-state index contributed by atoms with van der Waals surface area (Å²) in [5, 5.41) is 4.14. The summed E-state index contributed by atoms with van der Waals surface area (Å²) in [6.45, 7) is -0.0178. The summed E-state index contributed by atoms with van der Waals surface area (Å²) in [6.07, 6.45) is 3.18. The maximum absolute atomic E-state index is 13.7. The van der Waals surface area contributed by atoms with E-state index in [1.165, 1.54) is 27.8 Å². The molecule has 2 N–H and O–H groups in total. The van der Waals surface area contributed by atoms with Crippen LogP contribution in [0.15, 0.2) is 48.8 Å². The summed E-state index contributed by atoms with van der Waals surface area (Å²) in [4.78, 5) is 53.0. The molecule has 39 heavy (non-hydrogen) atoms. The number of fused-ring (bicyclic) bond motifs is 3. The molecule has 2 aliphatic heterocycles. The number of ether oxygens (including phenoxy) is 2. The molecular weight excluding hydrogens is 509 g/mol. The van der Waals surface area contributed by atoms with Crippen molar-refractivity contribution in [2.24, 2.45) is 5.73 Å². The number of primary amides is 1. The Bertz CT molecular complexity index is 1540. The number of imide groups is 1. The number of nitrogens with two attached hydrogens (primary N) is 1. The highest BCUT2D eigenvalue weighted by molar-refractivity contribution is 6.06. The van der Waals surface area contributed by atoms with Gasteiger partial charge >= 0.3 is 6.09 Å². The van der Waals surface area contributed by atoms with Crippen LogP contribution in [-0.2, 0) is 44.2 Å². The molecule has 2 aromatic carbocycles. The average Bonchev–Trinajstić information content (AvgIpc) is 3.52. The van der Waals surface area contributed by atoms with E-state index in [9.17, 15) is 23.6 Å². The van der Waals surface area contributed by atoms with Crippen molar-refractivity contribution >= 4 is 23.8 Å². The third-order valence-corrected chi connectivity index (χ3v) is 7.29. The second-order valence-electron chi connectivity index (χ2n) is 9.77. The Kier molecular flexibility index (Phi) is 5.82. The summed E-state index contributed by atoms with van der Waals surface area (Å²) < 4.78 is 26.5. The minimum absolute atomic E-state index is 0.0408. The van der Waals surface area contributed by atoms with Gasteiger partial charge in [0, 0.05) is 35.9 Å². The monoisotopic (exact) mass is 533 g/mol. The number of benzene rings is 2. The van der Waals surface area contributed by atoms with Crippen LogP contribution in [0.5, 0.6) is 5.75 Å². The fraction of sp³-hybridized carbons (Fsp3) is 0.296. The summed E-state index contributed by atoms with van der Waals surface area (Å²) in [6, 6.07) is 9.54. The number of rotatable bonds is 5. The first-order valence-electron chi connectivity index (χ1n) is 12.4. The number of carbonyl (C=O) groups is 4. The Hall–Kier alpha value is -4.74. The zero-order valence-corrected chi connectivity index (χ0v) is 20.8. The lowest BCUT2D eigenvalue weighted by Crippen LogP contribution is -2.45. The van der Waals surface area contributed by atoms with Crippen LogP contribution in [0.1, 0.15) is 23.1 Å². The molecule has 0 bridgehead atoms. The predicted octanol–water partition coefficient (Wildman–Crippen LogP) is 1.72. The fourth-order valence-corrected chi connectivity index (χ4v) is 5.40. The van der Waals surface area contributed by atoms with Gasteiger partial charge in [0.15, 0.2) is 0 Å². The van der Waals surface area contributed by atoms with Crippen molar-refractivity contribution < 1.29 is 33.0 Å². The van der Waals surface area contributed by atoms with Gasteiger partial charge in [-0.05, 0) is 35.7 Å². The zero-order chi connectivity index (χ0) is 27.3. The van der Waals surface area contributed by atoms with E-state index in [-0.39, 0.29) is 32.7 Å². The molecule has 1 unspecified atom stereocenters. The van der Waals surface area contributed by atoms with E-state index >= 15 is 0 Å². The second kappa shape index (κ2) is 9.22. The number of carbonyl (C=O) groups excluding carboxylic acids is 4. The maximum Gasteiger partial charge on any atom is 0.418 e. The minimum atomic E-state index is -1.49. The van der Waals surface area contributed by atoms with E-state index in [1.807, 2.05) is 6.07 Å². The molecule has 6 rings (SSSR count). The van der Waals surface area contributed by atoms with Crippen LogP contribution in [0.4, 0.5) is 9.18 Å². The number of amides is 4. The normalized spacial score (nSPS) is 19.9. The Morgan fingerprint density at radius 3 is 2.74 bits per heavy atom. The highest BCUT2D eigenvalue weighted by Gasteiger charge is 2.58. The quantitative estimate of drug-likeness (QED) is 0.527. The molecule has 12 heteroatoms. The molecule has 3 aromatic rings. The van der Waals surface area contributed by atoms with Gasteiger partial charge in [-0.1, -0.05) is 18.2 Å². The molecule has 4 amide bonds. The Balaban J connectivity index is 1.20. The fourth-order valence-electron chi connectivity index (χ4n) is 5.40. The summed E-state index contributed by atoms with van der Waals surface area (Å²) in [5.74, 6) is -1.52. The van der Waals surface area contributed by atoms with Crippen molar-refractivity contribution in [1.82, 2.24) is 19.6 Å². The van der Waals surface area contributed by atoms with Gasteiger partial charge in [0.05, 0.1) is 12.7 Å². The molecule has 1 atom stereocenters. The van der Waals surface area contributed by atoms with Crippen molar-refractivity contribution in [3.05, 3.63) is 71.3 Å². The van der Waals surface area contributed by atoms with E-state index in [0.717, 1.165) is 21.6 Å². The van der Waals surface area contributed by atoms with Gasteiger partial charge in [0.25, 0.3) is 5.91 Å². The molecule has 0 saturated carbocycles. The van der Waals surface area contributed by atoms with Gasteiger partial charge in [-0.25, -0.2) is 14.1 Å². The smallest absolute Gasteiger partial charge is 0.418 e. The minimum Gasteiger partial charge on any atom is -0.491 e.